The maximum Gasteiger partial charge on any atom is 0.255 e. The maximum absolute atomic E-state index is 13.1. The van der Waals surface area contributed by atoms with E-state index in [1.54, 1.807) is 12.0 Å². The number of amides is 1. The molecule has 0 N–H and O–H groups in total. The molecule has 6 heteroatoms. The van der Waals surface area contributed by atoms with E-state index in [0.717, 1.165) is 12.6 Å². The van der Waals surface area contributed by atoms with Crippen molar-refractivity contribution in [2.75, 3.05) is 33.4 Å². The van der Waals surface area contributed by atoms with E-state index in [1.165, 1.54) is 12.3 Å². The Morgan fingerprint density at radius 1 is 1.63 bits per heavy atom. The van der Waals surface area contributed by atoms with Gasteiger partial charge in [-0.05, 0) is 12.5 Å². The second-order valence-corrected chi connectivity index (χ2v) is 4.42. The number of halogens is 1. The molecule has 1 saturated heterocycles. The third-order valence-electron chi connectivity index (χ3n) is 3.02. The van der Waals surface area contributed by atoms with Crippen molar-refractivity contribution in [1.82, 2.24) is 9.88 Å². The number of carbonyl (C=O) groups is 1. The Balaban J connectivity index is 1.99. The summed E-state index contributed by atoms with van der Waals surface area (Å²) in [6.45, 7) is 2.09. The molecule has 0 radical (unpaired) electrons. The summed E-state index contributed by atoms with van der Waals surface area (Å²) >= 11 is 0. The molecule has 1 amide bonds. The molecule has 2 heterocycles. The van der Waals surface area contributed by atoms with Crippen LogP contribution in [-0.4, -0.2) is 55.3 Å². The van der Waals surface area contributed by atoms with Gasteiger partial charge in [0.2, 0.25) is 0 Å². The van der Waals surface area contributed by atoms with Crippen LogP contribution in [0.2, 0.25) is 0 Å². The van der Waals surface area contributed by atoms with Gasteiger partial charge < -0.3 is 14.4 Å². The molecule has 1 aromatic rings. The summed E-state index contributed by atoms with van der Waals surface area (Å²) in [4.78, 5) is 17.6. The number of nitrogens with zero attached hydrogens (tertiary/aromatic N) is 2. The molecule has 2 rings (SSSR count). The molecule has 1 unspecified atom stereocenters. The summed E-state index contributed by atoms with van der Waals surface area (Å²) in [5.74, 6) is -0.715. The average molecular weight is 268 g/mol. The molecular weight excluding hydrogens is 251 g/mol. The highest BCUT2D eigenvalue weighted by Gasteiger charge is 2.25. The summed E-state index contributed by atoms with van der Waals surface area (Å²) in [7, 11) is 1.63. The van der Waals surface area contributed by atoms with Gasteiger partial charge in [-0.15, -0.1) is 0 Å². The monoisotopic (exact) mass is 268 g/mol. The highest BCUT2D eigenvalue weighted by Crippen LogP contribution is 2.13. The van der Waals surface area contributed by atoms with E-state index in [9.17, 15) is 9.18 Å². The molecular formula is C13H17FN2O3. The largest absolute Gasteiger partial charge is 0.385 e. The van der Waals surface area contributed by atoms with E-state index in [4.69, 9.17) is 9.47 Å². The highest BCUT2D eigenvalue weighted by molar-refractivity contribution is 5.94. The topological polar surface area (TPSA) is 51.7 Å². The second-order valence-electron chi connectivity index (χ2n) is 4.42. The van der Waals surface area contributed by atoms with E-state index in [2.05, 4.69) is 4.98 Å². The van der Waals surface area contributed by atoms with Gasteiger partial charge in [0.15, 0.2) is 0 Å². The minimum Gasteiger partial charge on any atom is -0.385 e. The van der Waals surface area contributed by atoms with E-state index < -0.39 is 5.82 Å². The Morgan fingerprint density at radius 2 is 2.47 bits per heavy atom. The molecule has 1 atom stereocenters. The van der Waals surface area contributed by atoms with Crippen molar-refractivity contribution in [3.8, 4) is 0 Å². The number of carbonyl (C=O) groups excluding carboxylic acids is 1. The zero-order chi connectivity index (χ0) is 13.7. The van der Waals surface area contributed by atoms with Crippen molar-refractivity contribution in [3.63, 3.8) is 0 Å². The van der Waals surface area contributed by atoms with Gasteiger partial charge in [0, 0.05) is 33.0 Å². The van der Waals surface area contributed by atoms with Crippen molar-refractivity contribution >= 4 is 5.91 Å². The maximum atomic E-state index is 13.1. The van der Waals surface area contributed by atoms with Crippen molar-refractivity contribution in [2.45, 2.75) is 12.5 Å². The predicted molar refractivity (Wildman–Crippen MR) is 66.3 cm³/mol. The molecule has 0 aromatic carbocycles. The lowest BCUT2D eigenvalue weighted by Gasteiger charge is -2.32. The summed E-state index contributed by atoms with van der Waals surface area (Å²) in [6, 6.07) is 1.20. The van der Waals surface area contributed by atoms with Gasteiger partial charge in [0.25, 0.3) is 5.91 Å². The van der Waals surface area contributed by atoms with E-state index >= 15 is 0 Å². The Hall–Kier alpha value is -1.53. The van der Waals surface area contributed by atoms with Crippen LogP contribution in [0.15, 0.2) is 18.5 Å². The van der Waals surface area contributed by atoms with Crippen molar-refractivity contribution < 1.29 is 18.7 Å². The molecule has 1 aliphatic rings. The molecule has 0 bridgehead atoms. The lowest BCUT2D eigenvalue weighted by atomic mass is 10.2. The Morgan fingerprint density at radius 3 is 3.21 bits per heavy atom. The second kappa shape index (κ2) is 6.58. The zero-order valence-corrected chi connectivity index (χ0v) is 10.8. The van der Waals surface area contributed by atoms with Crippen LogP contribution in [0.5, 0.6) is 0 Å². The lowest BCUT2D eigenvalue weighted by molar-refractivity contribution is -0.0333. The van der Waals surface area contributed by atoms with Crippen LogP contribution >= 0.6 is 0 Å². The fourth-order valence-corrected chi connectivity index (χ4v) is 2.04. The number of aromatic nitrogens is 1. The first-order valence-electron chi connectivity index (χ1n) is 6.21. The Kier molecular flexibility index (Phi) is 4.81. The Bertz CT molecular complexity index is 442. The molecule has 0 aliphatic carbocycles. The number of pyridine rings is 1. The fraction of sp³-hybridized carbons (Fsp3) is 0.538. The predicted octanol–water partition coefficient (Wildman–Crippen LogP) is 1.10. The van der Waals surface area contributed by atoms with Gasteiger partial charge in [-0.25, -0.2) is 4.39 Å². The number of morpholine rings is 1. The van der Waals surface area contributed by atoms with Crippen LogP contribution in [0.4, 0.5) is 4.39 Å². The molecule has 1 aromatic heterocycles. The van der Waals surface area contributed by atoms with Crippen LogP contribution in [0.1, 0.15) is 16.8 Å². The molecule has 5 nitrogen and oxygen atoms in total. The third-order valence-corrected chi connectivity index (χ3v) is 3.02. The van der Waals surface area contributed by atoms with Crippen molar-refractivity contribution in [1.29, 1.82) is 0 Å². The van der Waals surface area contributed by atoms with Gasteiger partial charge in [-0.3, -0.25) is 9.78 Å². The zero-order valence-electron chi connectivity index (χ0n) is 10.8. The summed E-state index contributed by atoms with van der Waals surface area (Å²) in [5, 5.41) is 0. The fourth-order valence-electron chi connectivity index (χ4n) is 2.04. The van der Waals surface area contributed by atoms with Gasteiger partial charge in [-0.2, -0.15) is 0 Å². The lowest BCUT2D eigenvalue weighted by Crippen LogP contribution is -2.46. The van der Waals surface area contributed by atoms with Crippen LogP contribution in [0.3, 0.4) is 0 Å². The number of rotatable bonds is 4. The minimum absolute atomic E-state index is 0.0285. The first-order valence-corrected chi connectivity index (χ1v) is 6.21. The van der Waals surface area contributed by atoms with Crippen LogP contribution in [0.25, 0.3) is 0 Å². The molecule has 104 valence electrons. The van der Waals surface area contributed by atoms with E-state index in [1.807, 2.05) is 0 Å². The number of hydrogen-bond donors (Lipinski definition) is 0. The third kappa shape index (κ3) is 3.71. The van der Waals surface area contributed by atoms with Crippen LogP contribution in [-0.2, 0) is 9.47 Å². The van der Waals surface area contributed by atoms with Gasteiger partial charge in [0.05, 0.1) is 24.5 Å². The van der Waals surface area contributed by atoms with Gasteiger partial charge in [0.1, 0.15) is 5.82 Å². The molecule has 0 saturated carbocycles. The Labute approximate surface area is 111 Å². The van der Waals surface area contributed by atoms with Crippen LogP contribution < -0.4 is 0 Å². The summed E-state index contributed by atoms with van der Waals surface area (Å²) < 4.78 is 23.6. The molecule has 19 heavy (non-hydrogen) atoms. The standard InChI is InChI=1S/C13H17FN2O3/c1-18-4-2-12-9-16(3-5-19-12)13(17)10-6-11(14)8-15-7-10/h6-8,12H,2-5,9H2,1H3. The van der Waals surface area contributed by atoms with Gasteiger partial charge in [-0.1, -0.05) is 0 Å². The summed E-state index contributed by atoms with van der Waals surface area (Å²) in [5.41, 5.74) is 0.271. The quantitative estimate of drug-likeness (QED) is 0.820. The number of methoxy groups -OCH3 is 1. The molecule has 1 aliphatic heterocycles. The highest BCUT2D eigenvalue weighted by atomic mass is 19.1. The van der Waals surface area contributed by atoms with E-state index in [-0.39, 0.29) is 17.6 Å². The molecule has 0 spiro atoms. The van der Waals surface area contributed by atoms with Crippen molar-refractivity contribution in [2.24, 2.45) is 0 Å². The van der Waals surface area contributed by atoms with Gasteiger partial charge >= 0.3 is 0 Å². The average Bonchev–Trinajstić information content (AvgIpc) is 2.44. The normalized spacial score (nSPS) is 19.5. The SMILES string of the molecule is COCCC1CN(C(=O)c2cncc(F)c2)CCO1. The molecule has 1 fully saturated rings. The van der Waals surface area contributed by atoms with Crippen LogP contribution in [0, 0.1) is 5.82 Å². The number of hydrogen-bond acceptors (Lipinski definition) is 4. The minimum atomic E-state index is -0.505. The van der Waals surface area contributed by atoms with E-state index in [0.29, 0.717) is 26.3 Å². The first kappa shape index (κ1) is 13.9. The number of ether oxygens (including phenoxy) is 2. The van der Waals surface area contributed by atoms with Crippen molar-refractivity contribution in [3.05, 3.63) is 29.8 Å². The summed E-state index contributed by atoms with van der Waals surface area (Å²) in [6.07, 6.45) is 3.17. The first-order chi connectivity index (χ1) is 9.20. The smallest absolute Gasteiger partial charge is 0.255 e.